The van der Waals surface area contributed by atoms with Crippen molar-refractivity contribution in [2.24, 2.45) is 0 Å². The summed E-state index contributed by atoms with van der Waals surface area (Å²) in [6, 6.07) is 15.8. The number of ether oxygens (including phenoxy) is 1. The van der Waals surface area contributed by atoms with Crippen molar-refractivity contribution in [1.29, 1.82) is 0 Å². The van der Waals surface area contributed by atoms with Gasteiger partial charge < -0.3 is 10.1 Å². The first-order valence-electron chi connectivity index (χ1n) is 9.19. The SMILES string of the molecule is COc1ccccc1N(CC(=O)Nc1ccc(Cl)cc1C)S(=O)(=O)c1ccc(F)cc1. The Kier molecular flexibility index (Phi) is 6.82. The van der Waals surface area contributed by atoms with E-state index in [9.17, 15) is 17.6 Å². The topological polar surface area (TPSA) is 75.7 Å². The van der Waals surface area contributed by atoms with Gasteiger partial charge in [-0.1, -0.05) is 23.7 Å². The van der Waals surface area contributed by atoms with Crippen molar-refractivity contribution in [3.63, 3.8) is 0 Å². The van der Waals surface area contributed by atoms with E-state index < -0.39 is 28.3 Å². The molecule has 0 aromatic heterocycles. The monoisotopic (exact) mass is 462 g/mol. The van der Waals surface area contributed by atoms with Crippen LogP contribution in [-0.2, 0) is 14.8 Å². The number of amides is 1. The van der Waals surface area contributed by atoms with Gasteiger partial charge in [-0.3, -0.25) is 9.10 Å². The Morgan fingerprint density at radius 3 is 2.42 bits per heavy atom. The zero-order chi connectivity index (χ0) is 22.6. The van der Waals surface area contributed by atoms with E-state index in [2.05, 4.69) is 5.32 Å². The lowest BCUT2D eigenvalue weighted by Crippen LogP contribution is -2.38. The molecule has 0 aliphatic rings. The summed E-state index contributed by atoms with van der Waals surface area (Å²) in [4.78, 5) is 12.7. The average Bonchev–Trinajstić information content (AvgIpc) is 2.74. The quantitative estimate of drug-likeness (QED) is 0.555. The first-order chi connectivity index (χ1) is 14.7. The fourth-order valence-corrected chi connectivity index (χ4v) is 4.61. The van der Waals surface area contributed by atoms with Crippen LogP contribution in [0.4, 0.5) is 15.8 Å². The predicted molar refractivity (Wildman–Crippen MR) is 119 cm³/mol. The number of hydrogen-bond acceptors (Lipinski definition) is 4. The Bertz CT molecular complexity index is 1200. The lowest BCUT2D eigenvalue weighted by molar-refractivity contribution is -0.114. The largest absolute Gasteiger partial charge is 0.495 e. The van der Waals surface area contributed by atoms with Crippen LogP contribution in [0.1, 0.15) is 5.56 Å². The van der Waals surface area contributed by atoms with E-state index >= 15 is 0 Å². The molecule has 1 N–H and O–H groups in total. The minimum atomic E-state index is -4.20. The average molecular weight is 463 g/mol. The molecule has 0 atom stereocenters. The number of benzene rings is 3. The Morgan fingerprint density at radius 2 is 1.77 bits per heavy atom. The van der Waals surface area contributed by atoms with Crippen LogP contribution in [0.15, 0.2) is 71.6 Å². The van der Waals surface area contributed by atoms with E-state index in [-0.39, 0.29) is 16.3 Å². The first kappa shape index (κ1) is 22.6. The van der Waals surface area contributed by atoms with Gasteiger partial charge in [-0.25, -0.2) is 12.8 Å². The smallest absolute Gasteiger partial charge is 0.264 e. The maximum Gasteiger partial charge on any atom is 0.264 e. The second-order valence-electron chi connectivity index (χ2n) is 6.64. The van der Waals surface area contributed by atoms with Crippen molar-refractivity contribution in [2.75, 3.05) is 23.3 Å². The van der Waals surface area contributed by atoms with Gasteiger partial charge in [0.25, 0.3) is 10.0 Å². The Morgan fingerprint density at radius 1 is 1.10 bits per heavy atom. The molecule has 3 aromatic carbocycles. The van der Waals surface area contributed by atoms with Crippen molar-refractivity contribution in [2.45, 2.75) is 11.8 Å². The van der Waals surface area contributed by atoms with Crippen molar-refractivity contribution in [1.82, 2.24) is 0 Å². The lowest BCUT2D eigenvalue weighted by atomic mass is 10.2. The zero-order valence-electron chi connectivity index (χ0n) is 16.8. The fourth-order valence-electron chi connectivity index (χ4n) is 2.96. The predicted octanol–water partition coefficient (Wildman–Crippen LogP) is 4.63. The van der Waals surface area contributed by atoms with Gasteiger partial charge in [0.1, 0.15) is 18.1 Å². The molecule has 0 aliphatic heterocycles. The molecule has 9 heteroatoms. The van der Waals surface area contributed by atoms with Gasteiger partial charge in [-0.05, 0) is 67.1 Å². The summed E-state index contributed by atoms with van der Waals surface area (Å²) >= 11 is 5.95. The molecular formula is C22H20ClFN2O4S. The highest BCUT2D eigenvalue weighted by Gasteiger charge is 2.29. The number of nitrogens with zero attached hydrogens (tertiary/aromatic N) is 1. The molecule has 31 heavy (non-hydrogen) atoms. The molecule has 0 radical (unpaired) electrons. The summed E-state index contributed by atoms with van der Waals surface area (Å²) in [5, 5.41) is 3.22. The maximum atomic E-state index is 13.4. The first-order valence-corrected chi connectivity index (χ1v) is 11.0. The molecule has 0 bridgehead atoms. The van der Waals surface area contributed by atoms with Gasteiger partial charge in [0.05, 0.1) is 17.7 Å². The fraction of sp³-hybridized carbons (Fsp3) is 0.136. The van der Waals surface area contributed by atoms with E-state index in [4.69, 9.17) is 16.3 Å². The van der Waals surface area contributed by atoms with Crippen molar-refractivity contribution in [3.05, 3.63) is 83.1 Å². The molecule has 0 saturated carbocycles. The standard InChI is InChI=1S/C22H20ClFN2O4S/c1-15-13-16(23)7-12-19(15)25-22(27)14-26(20-5-3-4-6-21(20)30-2)31(28,29)18-10-8-17(24)9-11-18/h3-13H,14H2,1-2H3,(H,25,27). The zero-order valence-corrected chi connectivity index (χ0v) is 18.4. The number of halogens is 2. The third-order valence-corrected chi connectivity index (χ3v) is 6.51. The number of hydrogen-bond donors (Lipinski definition) is 1. The van der Waals surface area contributed by atoms with Crippen molar-refractivity contribution >= 4 is 38.9 Å². The minimum Gasteiger partial charge on any atom is -0.495 e. The van der Waals surface area contributed by atoms with Gasteiger partial charge in [0.2, 0.25) is 5.91 Å². The van der Waals surface area contributed by atoms with Crippen LogP contribution in [0, 0.1) is 12.7 Å². The Balaban J connectivity index is 1.99. The summed E-state index contributed by atoms with van der Waals surface area (Å²) in [5.74, 6) is -0.871. The summed E-state index contributed by atoms with van der Waals surface area (Å²) in [7, 11) is -2.80. The van der Waals surface area contributed by atoms with Crippen molar-refractivity contribution in [3.8, 4) is 5.75 Å². The minimum absolute atomic E-state index is 0.157. The number of aryl methyl sites for hydroxylation is 1. The molecule has 0 spiro atoms. The van der Waals surface area contributed by atoms with Crippen LogP contribution < -0.4 is 14.4 Å². The number of anilines is 2. The van der Waals surface area contributed by atoms with Crippen LogP contribution in [0.5, 0.6) is 5.75 Å². The molecule has 0 fully saturated rings. The summed E-state index contributed by atoms with van der Waals surface area (Å²) < 4.78 is 46.3. The number of sulfonamides is 1. The van der Waals surface area contributed by atoms with E-state index in [1.807, 2.05) is 0 Å². The second-order valence-corrected chi connectivity index (χ2v) is 8.94. The maximum absolute atomic E-state index is 13.4. The van der Waals surface area contributed by atoms with Gasteiger partial charge in [0, 0.05) is 10.7 Å². The molecule has 3 rings (SSSR count). The van der Waals surface area contributed by atoms with Crippen LogP contribution >= 0.6 is 11.6 Å². The van der Waals surface area contributed by atoms with Crippen molar-refractivity contribution < 1.29 is 22.3 Å². The molecule has 1 amide bonds. The van der Waals surface area contributed by atoms with Crippen LogP contribution in [0.2, 0.25) is 5.02 Å². The summed E-state index contributed by atoms with van der Waals surface area (Å²) in [6.07, 6.45) is 0. The number of para-hydroxylation sites is 2. The van der Waals surface area contributed by atoms with Crippen LogP contribution in [0.3, 0.4) is 0 Å². The van der Waals surface area contributed by atoms with E-state index in [1.165, 1.54) is 13.2 Å². The molecule has 0 saturated heterocycles. The van der Waals surface area contributed by atoms with Crippen LogP contribution in [0.25, 0.3) is 0 Å². The highest BCUT2D eigenvalue weighted by atomic mass is 35.5. The molecule has 0 unspecified atom stereocenters. The van der Waals surface area contributed by atoms with Gasteiger partial charge in [-0.2, -0.15) is 0 Å². The Hall–Kier alpha value is -3.10. The van der Waals surface area contributed by atoms with E-state index in [0.717, 1.165) is 34.1 Å². The second kappa shape index (κ2) is 9.36. The highest BCUT2D eigenvalue weighted by molar-refractivity contribution is 7.92. The van der Waals surface area contributed by atoms with Gasteiger partial charge >= 0.3 is 0 Å². The number of nitrogens with one attached hydrogen (secondary N) is 1. The molecule has 6 nitrogen and oxygen atoms in total. The number of methoxy groups -OCH3 is 1. The molecule has 3 aromatic rings. The third-order valence-electron chi connectivity index (χ3n) is 4.51. The number of carbonyl (C=O) groups is 1. The normalized spacial score (nSPS) is 11.1. The van der Waals surface area contributed by atoms with E-state index in [0.29, 0.717) is 10.7 Å². The van der Waals surface area contributed by atoms with E-state index in [1.54, 1.807) is 43.3 Å². The van der Waals surface area contributed by atoms with Gasteiger partial charge in [0.15, 0.2) is 0 Å². The summed E-state index contributed by atoms with van der Waals surface area (Å²) in [5.41, 5.74) is 1.41. The molecular weight excluding hydrogens is 443 g/mol. The molecule has 0 heterocycles. The van der Waals surface area contributed by atoms with Crippen LogP contribution in [-0.4, -0.2) is 28.0 Å². The molecule has 162 valence electrons. The Labute approximate surface area is 185 Å². The lowest BCUT2D eigenvalue weighted by Gasteiger charge is -2.25. The number of carbonyl (C=O) groups excluding carboxylic acids is 1. The number of rotatable bonds is 7. The summed E-state index contributed by atoms with van der Waals surface area (Å²) in [6.45, 7) is 1.25. The molecule has 0 aliphatic carbocycles. The highest BCUT2D eigenvalue weighted by Crippen LogP contribution is 2.32. The van der Waals surface area contributed by atoms with Gasteiger partial charge in [-0.15, -0.1) is 0 Å². The third kappa shape index (κ3) is 5.15.